The molecule has 7 heteroatoms. The Morgan fingerprint density at radius 1 is 1.20 bits per heavy atom. The number of hydrogen-bond acceptors (Lipinski definition) is 4. The van der Waals surface area contributed by atoms with Crippen LogP contribution in [0.5, 0.6) is 5.75 Å². The van der Waals surface area contributed by atoms with Crippen molar-refractivity contribution in [3.05, 3.63) is 62.9 Å². The Balaban J connectivity index is 1.82. The molecule has 3 heterocycles. The van der Waals surface area contributed by atoms with E-state index in [9.17, 15) is 9.90 Å². The molecule has 0 spiro atoms. The third kappa shape index (κ3) is 2.89. The number of nitrogens with one attached hydrogen (secondary N) is 1. The SMILES string of the molecule is O=C1Nc2ncc(-c3ccco3)cc2C1=Cc1cc(Br)c(O)c(Br)c1. The van der Waals surface area contributed by atoms with Crippen molar-refractivity contribution in [2.75, 3.05) is 5.32 Å². The van der Waals surface area contributed by atoms with Gasteiger partial charge in [-0.25, -0.2) is 4.98 Å². The van der Waals surface area contributed by atoms with Crippen LogP contribution in [-0.2, 0) is 4.79 Å². The number of furan rings is 1. The number of anilines is 1. The smallest absolute Gasteiger partial charge is 0.257 e. The molecule has 4 rings (SSSR count). The third-order valence-corrected chi connectivity index (χ3v) is 5.02. The van der Waals surface area contributed by atoms with Crippen LogP contribution in [0.4, 0.5) is 5.82 Å². The Kier molecular flexibility index (Phi) is 3.97. The van der Waals surface area contributed by atoms with Gasteiger partial charge in [-0.1, -0.05) is 0 Å². The molecule has 1 aromatic carbocycles. The molecule has 1 aliphatic rings. The maximum Gasteiger partial charge on any atom is 0.257 e. The van der Waals surface area contributed by atoms with Crippen LogP contribution in [0.25, 0.3) is 23.0 Å². The number of benzene rings is 1. The van der Waals surface area contributed by atoms with Gasteiger partial charge in [0, 0.05) is 17.3 Å². The van der Waals surface area contributed by atoms with Gasteiger partial charge in [0.2, 0.25) is 0 Å². The molecular weight excluding hydrogens is 452 g/mol. The number of aromatic nitrogens is 1. The lowest BCUT2D eigenvalue weighted by Gasteiger charge is -2.04. The molecule has 0 bridgehead atoms. The molecule has 0 atom stereocenters. The zero-order valence-electron chi connectivity index (χ0n) is 12.6. The minimum absolute atomic E-state index is 0.111. The Morgan fingerprint density at radius 2 is 1.96 bits per heavy atom. The van der Waals surface area contributed by atoms with E-state index >= 15 is 0 Å². The molecule has 5 nitrogen and oxygen atoms in total. The summed E-state index contributed by atoms with van der Waals surface area (Å²) in [6.45, 7) is 0. The highest BCUT2D eigenvalue weighted by Crippen LogP contribution is 2.37. The summed E-state index contributed by atoms with van der Waals surface area (Å²) in [5.41, 5.74) is 2.76. The maximum absolute atomic E-state index is 12.4. The molecule has 0 fully saturated rings. The first-order valence-corrected chi connectivity index (χ1v) is 8.87. The monoisotopic (exact) mass is 460 g/mol. The number of phenols is 1. The fraction of sp³-hybridized carbons (Fsp3) is 0. The van der Waals surface area contributed by atoms with Gasteiger partial charge in [0.15, 0.2) is 0 Å². The largest absolute Gasteiger partial charge is 0.506 e. The van der Waals surface area contributed by atoms with Crippen molar-refractivity contribution in [1.29, 1.82) is 0 Å². The van der Waals surface area contributed by atoms with Crippen molar-refractivity contribution in [2.24, 2.45) is 0 Å². The summed E-state index contributed by atoms with van der Waals surface area (Å²) in [4.78, 5) is 16.7. The van der Waals surface area contributed by atoms with Gasteiger partial charge in [-0.2, -0.15) is 0 Å². The summed E-state index contributed by atoms with van der Waals surface area (Å²) >= 11 is 6.59. The first-order chi connectivity index (χ1) is 12.0. The number of rotatable bonds is 2. The van der Waals surface area contributed by atoms with E-state index < -0.39 is 0 Å². The minimum Gasteiger partial charge on any atom is -0.506 e. The van der Waals surface area contributed by atoms with Gasteiger partial charge in [-0.3, -0.25) is 4.79 Å². The van der Waals surface area contributed by atoms with E-state index in [1.54, 1.807) is 36.7 Å². The van der Waals surface area contributed by atoms with Gasteiger partial charge in [0.25, 0.3) is 5.91 Å². The number of amides is 1. The van der Waals surface area contributed by atoms with E-state index in [2.05, 4.69) is 42.2 Å². The molecular formula is C18H10Br2N2O3. The van der Waals surface area contributed by atoms with E-state index in [1.807, 2.05) is 12.1 Å². The molecule has 2 N–H and O–H groups in total. The molecule has 3 aromatic rings. The molecule has 0 aliphatic carbocycles. The van der Waals surface area contributed by atoms with Crippen LogP contribution in [0.15, 0.2) is 56.2 Å². The summed E-state index contributed by atoms with van der Waals surface area (Å²) in [6, 6.07) is 8.99. The number of phenolic OH excluding ortho intramolecular Hbond substituents is 1. The number of nitrogens with zero attached hydrogens (tertiary/aromatic N) is 1. The van der Waals surface area contributed by atoms with Crippen molar-refractivity contribution in [3.8, 4) is 17.1 Å². The molecule has 2 aromatic heterocycles. The van der Waals surface area contributed by atoms with Crippen molar-refractivity contribution in [1.82, 2.24) is 4.98 Å². The van der Waals surface area contributed by atoms with Gasteiger partial charge in [-0.15, -0.1) is 0 Å². The lowest BCUT2D eigenvalue weighted by Crippen LogP contribution is -2.04. The first kappa shape index (κ1) is 16.1. The lowest BCUT2D eigenvalue weighted by molar-refractivity contribution is -0.110. The minimum atomic E-state index is -0.223. The van der Waals surface area contributed by atoms with E-state index in [4.69, 9.17) is 4.42 Å². The highest BCUT2D eigenvalue weighted by atomic mass is 79.9. The molecule has 0 radical (unpaired) electrons. The number of pyridine rings is 1. The van der Waals surface area contributed by atoms with Crippen molar-refractivity contribution in [3.63, 3.8) is 0 Å². The molecule has 1 amide bonds. The maximum atomic E-state index is 12.4. The van der Waals surface area contributed by atoms with Crippen molar-refractivity contribution < 1.29 is 14.3 Å². The Bertz CT molecular complexity index is 1000. The predicted molar refractivity (Wildman–Crippen MR) is 102 cm³/mol. The molecule has 0 unspecified atom stereocenters. The van der Waals surface area contributed by atoms with Crippen LogP contribution < -0.4 is 5.32 Å². The van der Waals surface area contributed by atoms with Crippen molar-refractivity contribution >= 4 is 55.2 Å². The van der Waals surface area contributed by atoms with E-state index in [0.29, 0.717) is 31.7 Å². The molecule has 0 saturated heterocycles. The van der Waals surface area contributed by atoms with Crippen LogP contribution >= 0.6 is 31.9 Å². The van der Waals surface area contributed by atoms with E-state index in [-0.39, 0.29) is 11.7 Å². The van der Waals surface area contributed by atoms with Crippen LogP contribution in [0.3, 0.4) is 0 Å². The number of carbonyl (C=O) groups excluding carboxylic acids is 1. The quantitative estimate of drug-likeness (QED) is 0.522. The second-order valence-corrected chi connectivity index (χ2v) is 7.15. The topological polar surface area (TPSA) is 75.4 Å². The second-order valence-electron chi connectivity index (χ2n) is 5.44. The highest BCUT2D eigenvalue weighted by molar-refractivity contribution is 9.11. The normalized spacial score (nSPS) is 14.6. The fourth-order valence-electron chi connectivity index (χ4n) is 2.62. The summed E-state index contributed by atoms with van der Waals surface area (Å²) in [6.07, 6.45) is 5.01. The van der Waals surface area contributed by atoms with Gasteiger partial charge < -0.3 is 14.8 Å². The first-order valence-electron chi connectivity index (χ1n) is 7.28. The zero-order valence-corrected chi connectivity index (χ0v) is 15.8. The average Bonchev–Trinajstić information content (AvgIpc) is 3.21. The van der Waals surface area contributed by atoms with Crippen LogP contribution in [0.2, 0.25) is 0 Å². The third-order valence-electron chi connectivity index (χ3n) is 3.81. The van der Waals surface area contributed by atoms with Gasteiger partial charge in [0.05, 0.1) is 20.8 Å². The highest BCUT2D eigenvalue weighted by Gasteiger charge is 2.26. The van der Waals surface area contributed by atoms with Crippen molar-refractivity contribution in [2.45, 2.75) is 0 Å². The van der Waals surface area contributed by atoms with Crippen LogP contribution in [0, 0.1) is 0 Å². The van der Waals surface area contributed by atoms with Gasteiger partial charge in [-0.05, 0) is 73.8 Å². The molecule has 124 valence electrons. The summed E-state index contributed by atoms with van der Waals surface area (Å²) in [5.74, 6) is 1.09. The zero-order chi connectivity index (χ0) is 17.6. The fourth-order valence-corrected chi connectivity index (χ4v) is 3.84. The number of aromatic hydroxyl groups is 1. The number of fused-ring (bicyclic) bond motifs is 1. The standard InChI is InChI=1S/C18H10Br2N2O3/c19-13-5-9(6-14(20)16(13)23)4-12-11-7-10(15-2-1-3-25-15)8-21-17(11)22-18(12)24/h1-8,23H,(H,21,22,24). The van der Waals surface area contributed by atoms with Gasteiger partial charge in [0.1, 0.15) is 17.3 Å². The predicted octanol–water partition coefficient (Wildman–Crippen LogP) is 5.06. The molecule has 25 heavy (non-hydrogen) atoms. The Labute approximate surface area is 159 Å². The van der Waals surface area contributed by atoms with Crippen LogP contribution in [-0.4, -0.2) is 16.0 Å². The average molecular weight is 462 g/mol. The second kappa shape index (κ2) is 6.16. The molecule has 0 saturated carbocycles. The molecule has 1 aliphatic heterocycles. The Hall–Kier alpha value is -2.38. The summed E-state index contributed by atoms with van der Waals surface area (Å²) < 4.78 is 6.47. The van der Waals surface area contributed by atoms with E-state index in [1.165, 1.54) is 0 Å². The lowest BCUT2D eigenvalue weighted by atomic mass is 10.0. The summed E-state index contributed by atoms with van der Waals surface area (Å²) in [7, 11) is 0. The van der Waals surface area contributed by atoms with E-state index in [0.717, 1.165) is 11.1 Å². The van der Waals surface area contributed by atoms with Gasteiger partial charge >= 0.3 is 0 Å². The summed E-state index contributed by atoms with van der Waals surface area (Å²) in [5, 5.41) is 12.6. The number of hydrogen-bond donors (Lipinski definition) is 2. The number of carbonyl (C=O) groups is 1. The Morgan fingerprint density at radius 3 is 2.64 bits per heavy atom. The van der Waals surface area contributed by atoms with Crippen LogP contribution in [0.1, 0.15) is 11.1 Å². The number of halogens is 2.